The largest absolute Gasteiger partial charge is 0.490 e. The number of hydrogen-bond acceptors (Lipinski definition) is 6. The van der Waals surface area contributed by atoms with Crippen molar-refractivity contribution >= 4 is 22.7 Å². The minimum atomic E-state index is -0.709. The van der Waals surface area contributed by atoms with Gasteiger partial charge in [0, 0.05) is 17.2 Å². The van der Waals surface area contributed by atoms with Crippen LogP contribution in [0.1, 0.15) is 52.5 Å². The van der Waals surface area contributed by atoms with Crippen LogP contribution in [0.2, 0.25) is 0 Å². The third-order valence-electron chi connectivity index (χ3n) is 4.45. The first-order chi connectivity index (χ1) is 13.6. The molecule has 6 nitrogen and oxygen atoms in total. The SMILES string of the molecule is CCCCC(=O)Oc1c(OC)c(OC)c(OC(=O)C(C)(C)C)c2cc(C)ccc12. The van der Waals surface area contributed by atoms with Crippen molar-refractivity contribution in [1.82, 2.24) is 0 Å². The Morgan fingerprint density at radius 2 is 1.48 bits per heavy atom. The van der Waals surface area contributed by atoms with E-state index in [4.69, 9.17) is 18.9 Å². The molecule has 0 aliphatic heterocycles. The van der Waals surface area contributed by atoms with E-state index in [2.05, 4.69) is 0 Å². The number of unbranched alkanes of at least 4 members (excludes halogenated alkanes) is 1. The summed E-state index contributed by atoms with van der Waals surface area (Å²) < 4.78 is 22.5. The van der Waals surface area contributed by atoms with E-state index in [9.17, 15) is 9.59 Å². The highest BCUT2D eigenvalue weighted by atomic mass is 16.6. The van der Waals surface area contributed by atoms with Crippen LogP contribution in [0.5, 0.6) is 23.0 Å². The summed E-state index contributed by atoms with van der Waals surface area (Å²) in [6.45, 7) is 9.26. The lowest BCUT2D eigenvalue weighted by molar-refractivity contribution is -0.143. The van der Waals surface area contributed by atoms with E-state index in [1.165, 1.54) is 14.2 Å². The zero-order valence-corrected chi connectivity index (χ0v) is 18.3. The molecule has 6 heteroatoms. The van der Waals surface area contributed by atoms with Crippen LogP contribution in [0.4, 0.5) is 0 Å². The van der Waals surface area contributed by atoms with Crippen molar-refractivity contribution < 1.29 is 28.5 Å². The summed E-state index contributed by atoms with van der Waals surface area (Å²) in [6.07, 6.45) is 1.92. The summed E-state index contributed by atoms with van der Waals surface area (Å²) in [5.41, 5.74) is 0.251. The van der Waals surface area contributed by atoms with Gasteiger partial charge < -0.3 is 18.9 Å². The molecule has 0 spiro atoms. The van der Waals surface area contributed by atoms with Crippen LogP contribution in [0, 0.1) is 12.3 Å². The van der Waals surface area contributed by atoms with Gasteiger partial charge in [-0.3, -0.25) is 9.59 Å². The molecule has 2 aromatic rings. The number of benzene rings is 2. The first kappa shape index (κ1) is 22.5. The molecule has 0 aliphatic carbocycles. The first-order valence-corrected chi connectivity index (χ1v) is 9.75. The van der Waals surface area contributed by atoms with Crippen LogP contribution in [0.3, 0.4) is 0 Å². The molecule has 29 heavy (non-hydrogen) atoms. The summed E-state index contributed by atoms with van der Waals surface area (Å²) in [5.74, 6) is 0.168. The van der Waals surface area contributed by atoms with E-state index in [0.29, 0.717) is 17.2 Å². The summed E-state index contributed by atoms with van der Waals surface area (Å²) >= 11 is 0. The highest BCUT2D eigenvalue weighted by molar-refractivity contribution is 6.01. The highest BCUT2D eigenvalue weighted by Crippen LogP contribution is 2.51. The molecule has 0 bridgehead atoms. The number of fused-ring (bicyclic) bond motifs is 1. The van der Waals surface area contributed by atoms with Gasteiger partial charge in [-0.15, -0.1) is 0 Å². The Morgan fingerprint density at radius 3 is 2.00 bits per heavy atom. The van der Waals surface area contributed by atoms with Gasteiger partial charge in [0.25, 0.3) is 0 Å². The number of carbonyl (C=O) groups excluding carboxylic acids is 2. The van der Waals surface area contributed by atoms with Gasteiger partial charge in [-0.05, 0) is 40.2 Å². The zero-order valence-electron chi connectivity index (χ0n) is 18.3. The topological polar surface area (TPSA) is 71.1 Å². The molecule has 0 aromatic heterocycles. The fraction of sp³-hybridized carbons (Fsp3) is 0.478. The third-order valence-corrected chi connectivity index (χ3v) is 4.45. The molecule has 0 aliphatic rings. The maximum atomic E-state index is 12.6. The van der Waals surface area contributed by atoms with Crippen LogP contribution in [0.25, 0.3) is 10.8 Å². The minimum absolute atomic E-state index is 0.210. The molecule has 2 rings (SSSR count). The maximum absolute atomic E-state index is 12.6. The van der Waals surface area contributed by atoms with Crippen molar-refractivity contribution in [2.75, 3.05) is 14.2 Å². The molecule has 0 unspecified atom stereocenters. The third kappa shape index (κ3) is 5.00. The molecule has 0 fully saturated rings. The number of hydrogen-bond donors (Lipinski definition) is 0. The standard InChI is InChI=1S/C23H30O6/c1-8-9-10-17(24)28-18-15-12-11-14(2)13-16(15)19(21(27-7)20(18)26-6)29-22(25)23(3,4)5/h11-13H,8-10H2,1-7H3. The van der Waals surface area contributed by atoms with Crippen LogP contribution in [0.15, 0.2) is 18.2 Å². The lowest BCUT2D eigenvalue weighted by Crippen LogP contribution is -2.26. The van der Waals surface area contributed by atoms with Crippen molar-refractivity contribution in [3.63, 3.8) is 0 Å². The normalized spacial score (nSPS) is 11.3. The lowest BCUT2D eigenvalue weighted by Gasteiger charge is -2.22. The summed E-state index contributed by atoms with van der Waals surface area (Å²) in [6, 6.07) is 5.59. The van der Waals surface area contributed by atoms with Gasteiger partial charge in [0.15, 0.2) is 11.5 Å². The average molecular weight is 402 g/mol. The zero-order chi connectivity index (χ0) is 21.8. The number of ether oxygens (including phenoxy) is 4. The number of rotatable bonds is 7. The lowest BCUT2D eigenvalue weighted by atomic mass is 9.97. The van der Waals surface area contributed by atoms with E-state index in [1.54, 1.807) is 20.8 Å². The van der Waals surface area contributed by atoms with E-state index in [-0.39, 0.29) is 29.0 Å². The molecular weight excluding hydrogens is 372 g/mol. The van der Waals surface area contributed by atoms with Gasteiger partial charge in [-0.25, -0.2) is 0 Å². The van der Waals surface area contributed by atoms with E-state index < -0.39 is 11.4 Å². The predicted octanol–water partition coefficient (Wildman–Crippen LogP) is 5.21. The first-order valence-electron chi connectivity index (χ1n) is 9.75. The van der Waals surface area contributed by atoms with Crippen LogP contribution >= 0.6 is 0 Å². The van der Waals surface area contributed by atoms with E-state index >= 15 is 0 Å². The Hall–Kier alpha value is -2.76. The molecular formula is C23H30O6. The second-order valence-electron chi connectivity index (χ2n) is 7.99. The van der Waals surface area contributed by atoms with Crippen molar-refractivity contribution in [3.8, 4) is 23.0 Å². The second kappa shape index (κ2) is 9.16. The molecule has 0 atom stereocenters. The van der Waals surface area contributed by atoms with Crippen molar-refractivity contribution in [2.45, 2.75) is 53.9 Å². The summed E-state index contributed by atoms with van der Waals surface area (Å²) in [7, 11) is 2.91. The van der Waals surface area contributed by atoms with Crippen molar-refractivity contribution in [2.24, 2.45) is 5.41 Å². The second-order valence-corrected chi connectivity index (χ2v) is 7.99. The molecule has 0 amide bonds. The Kier molecular flexibility index (Phi) is 7.11. The number of carbonyl (C=O) groups is 2. The Bertz CT molecular complexity index is 908. The average Bonchev–Trinajstić information content (AvgIpc) is 2.66. The van der Waals surface area contributed by atoms with Crippen molar-refractivity contribution in [1.29, 1.82) is 0 Å². The monoisotopic (exact) mass is 402 g/mol. The van der Waals surface area contributed by atoms with Gasteiger partial charge in [-0.1, -0.05) is 31.0 Å². The Balaban J connectivity index is 2.74. The van der Waals surface area contributed by atoms with Crippen molar-refractivity contribution in [3.05, 3.63) is 23.8 Å². The molecule has 0 saturated carbocycles. The van der Waals surface area contributed by atoms with E-state index in [1.807, 2.05) is 32.0 Å². The Labute approximate surface area is 172 Å². The van der Waals surface area contributed by atoms with E-state index in [0.717, 1.165) is 18.4 Å². The van der Waals surface area contributed by atoms with Gasteiger partial charge in [-0.2, -0.15) is 0 Å². The minimum Gasteiger partial charge on any atom is -0.490 e. The highest BCUT2D eigenvalue weighted by Gasteiger charge is 2.30. The van der Waals surface area contributed by atoms with Crippen LogP contribution < -0.4 is 18.9 Å². The molecule has 0 saturated heterocycles. The molecule has 0 N–H and O–H groups in total. The van der Waals surface area contributed by atoms with Gasteiger partial charge >= 0.3 is 11.9 Å². The molecule has 0 heterocycles. The number of aryl methyl sites for hydroxylation is 1. The molecule has 158 valence electrons. The fourth-order valence-corrected chi connectivity index (χ4v) is 2.80. The number of esters is 2. The van der Waals surface area contributed by atoms with Crippen LogP contribution in [-0.2, 0) is 9.59 Å². The predicted molar refractivity (Wildman–Crippen MR) is 112 cm³/mol. The Morgan fingerprint density at radius 1 is 0.897 bits per heavy atom. The van der Waals surface area contributed by atoms with Gasteiger partial charge in [0.05, 0.1) is 19.6 Å². The smallest absolute Gasteiger partial charge is 0.316 e. The number of methoxy groups -OCH3 is 2. The fourth-order valence-electron chi connectivity index (χ4n) is 2.80. The van der Waals surface area contributed by atoms with Crippen LogP contribution in [-0.4, -0.2) is 26.2 Å². The molecule has 0 radical (unpaired) electrons. The maximum Gasteiger partial charge on any atom is 0.316 e. The molecule has 2 aromatic carbocycles. The van der Waals surface area contributed by atoms with Gasteiger partial charge in [0.1, 0.15) is 0 Å². The summed E-state index contributed by atoms with van der Waals surface area (Å²) in [5, 5.41) is 1.22. The quantitative estimate of drug-likeness (QED) is 0.467. The van der Waals surface area contributed by atoms with Gasteiger partial charge in [0.2, 0.25) is 11.5 Å². The summed E-state index contributed by atoms with van der Waals surface area (Å²) in [4.78, 5) is 24.9.